The van der Waals surface area contributed by atoms with Crippen molar-refractivity contribution < 1.29 is 67.6 Å². The molecule has 0 saturated heterocycles. The van der Waals surface area contributed by atoms with Crippen LogP contribution in [0, 0.1) is 13.8 Å². The van der Waals surface area contributed by atoms with Crippen LogP contribution >= 0.6 is 0 Å². The van der Waals surface area contributed by atoms with Crippen LogP contribution in [0.25, 0.3) is 11.4 Å². The van der Waals surface area contributed by atoms with E-state index in [0.717, 1.165) is 16.4 Å². The second kappa shape index (κ2) is 19.4. The molecule has 2 aromatic heterocycles. The molecular weight excluding hydrogens is 824 g/mol. The molecule has 0 atom stereocenters. The van der Waals surface area contributed by atoms with Crippen LogP contribution in [-0.2, 0) is 37.4 Å². The Morgan fingerprint density at radius 1 is 0.672 bits per heavy atom. The number of benzene rings is 4. The molecule has 58 heavy (non-hydrogen) atoms. The Kier molecular flexibility index (Phi) is 15.7. The molecule has 0 aliphatic carbocycles. The van der Waals surface area contributed by atoms with E-state index < -0.39 is 31.4 Å². The average molecular weight is 862 g/mol. The maximum atomic E-state index is 12.6. The molecule has 0 aliphatic heterocycles. The quantitative estimate of drug-likeness (QED) is 0.112. The number of nitrogens with one attached hydrogen (secondary N) is 3. The molecule has 4 aromatic carbocycles. The summed E-state index contributed by atoms with van der Waals surface area (Å²) in [7, 11) is -1.61. The number of rotatable bonds is 10. The number of aromatic amines is 2. The van der Waals surface area contributed by atoms with Gasteiger partial charge in [-0.2, -0.15) is 13.5 Å². The molecule has 0 radical (unpaired) electrons. The molecule has 0 bridgehead atoms. The summed E-state index contributed by atoms with van der Waals surface area (Å²) in [6, 6.07) is 25.3. The van der Waals surface area contributed by atoms with E-state index >= 15 is 0 Å². The van der Waals surface area contributed by atoms with Gasteiger partial charge >= 0.3 is 28.9 Å². The Balaban J connectivity index is 0.000000300. The van der Waals surface area contributed by atoms with Gasteiger partial charge in [-0.1, -0.05) is 42.1 Å². The molecule has 0 unspecified atom stereocenters. The van der Waals surface area contributed by atoms with Gasteiger partial charge in [-0.05, 0) is 68.4 Å². The van der Waals surface area contributed by atoms with E-state index in [1.54, 1.807) is 50.2 Å². The van der Waals surface area contributed by atoms with Gasteiger partial charge < -0.3 is 10.2 Å². The fraction of sp³-hybridized carbons (Fsp3) is 0.167. The fourth-order valence-electron chi connectivity index (χ4n) is 4.98. The molecule has 0 fully saturated rings. The van der Waals surface area contributed by atoms with E-state index in [1.165, 1.54) is 61.8 Å². The molecule has 0 saturated carbocycles. The number of azo groups is 2. The van der Waals surface area contributed by atoms with Crippen molar-refractivity contribution in [1.29, 1.82) is 0 Å². The zero-order valence-electron chi connectivity index (χ0n) is 32.4. The summed E-state index contributed by atoms with van der Waals surface area (Å²) in [6.45, 7) is 3.35. The first kappa shape index (κ1) is 47.0. The van der Waals surface area contributed by atoms with Crippen LogP contribution in [-0.4, -0.2) is 74.0 Å². The first-order valence-electron chi connectivity index (χ1n) is 16.6. The second-order valence-corrected chi connectivity index (χ2v) is 16.9. The maximum Gasteiger partial charge on any atom is 1.00 e. The number of phenolic OH excluding ortho intramolecular Hbond substituents is 1. The average Bonchev–Trinajstić information content (AvgIpc) is 3.62. The van der Waals surface area contributed by atoms with Crippen LogP contribution in [0.3, 0.4) is 0 Å². The number of sulfonamides is 2. The van der Waals surface area contributed by atoms with Crippen molar-refractivity contribution in [2.75, 3.05) is 28.2 Å². The second-order valence-electron chi connectivity index (χ2n) is 12.5. The molecule has 0 spiro atoms. The van der Waals surface area contributed by atoms with Gasteiger partial charge in [0.15, 0.2) is 11.4 Å². The first-order valence-corrected chi connectivity index (χ1v) is 19.5. The molecule has 6 aromatic rings. The van der Waals surface area contributed by atoms with Crippen LogP contribution in [0.15, 0.2) is 137 Å². The first-order chi connectivity index (χ1) is 26.4. The SMILES string of the molecule is Cc1[nH]n(-c2ccccc2)c(=O)c1N=Nc1ccc(S(=O)(=O)N(C)C)cc1[O-].Cc1[nH]n(-c2ccccc2)c(=O)c1N=Nc1ccc(S(=O)(=O)[NH+](C)C)cc1O.[Cr].[Li+]. The van der Waals surface area contributed by atoms with Crippen LogP contribution in [0.4, 0.5) is 22.7 Å². The fourth-order valence-corrected chi connectivity index (χ4v) is 6.88. The van der Waals surface area contributed by atoms with E-state index in [9.17, 15) is 36.6 Å². The summed E-state index contributed by atoms with van der Waals surface area (Å²) in [5.74, 6) is -0.953. The molecule has 2 heterocycles. The molecule has 0 aliphatic rings. The van der Waals surface area contributed by atoms with Crippen molar-refractivity contribution in [2.24, 2.45) is 20.5 Å². The van der Waals surface area contributed by atoms with Crippen LogP contribution in [0.1, 0.15) is 11.4 Å². The summed E-state index contributed by atoms with van der Waals surface area (Å²) < 4.78 is 52.4. The number of quaternary nitrogens is 1. The van der Waals surface area contributed by atoms with Gasteiger partial charge in [-0.15, -0.1) is 15.3 Å². The van der Waals surface area contributed by atoms with E-state index in [-0.39, 0.29) is 84.4 Å². The molecule has 298 valence electrons. The molecule has 18 nitrogen and oxygen atoms in total. The molecular formula is C36H38CrLiN10O8S2+. The smallest absolute Gasteiger partial charge is 0.871 e. The Morgan fingerprint density at radius 2 is 1.10 bits per heavy atom. The van der Waals surface area contributed by atoms with Crippen molar-refractivity contribution in [1.82, 2.24) is 23.9 Å². The van der Waals surface area contributed by atoms with Gasteiger partial charge in [-0.25, -0.2) is 26.4 Å². The molecule has 6 rings (SSSR count). The minimum Gasteiger partial charge on any atom is -0.871 e. The summed E-state index contributed by atoms with van der Waals surface area (Å²) in [5, 5.41) is 43.8. The normalized spacial score (nSPS) is 11.7. The van der Waals surface area contributed by atoms with Gasteiger partial charge in [0, 0.05) is 37.5 Å². The summed E-state index contributed by atoms with van der Waals surface area (Å²) in [6.07, 6.45) is 0. The predicted octanol–water partition coefficient (Wildman–Crippen LogP) is 0.643. The summed E-state index contributed by atoms with van der Waals surface area (Å²) >= 11 is 0. The van der Waals surface area contributed by atoms with Crippen molar-refractivity contribution in [3.8, 4) is 22.9 Å². The number of hydrogen-bond donors (Lipinski definition) is 4. The van der Waals surface area contributed by atoms with Gasteiger partial charge in [0.1, 0.15) is 16.3 Å². The van der Waals surface area contributed by atoms with Crippen LogP contribution < -0.4 is 39.4 Å². The topological polar surface area (TPSA) is 244 Å². The van der Waals surface area contributed by atoms with E-state index in [1.807, 2.05) is 24.3 Å². The minimum atomic E-state index is -3.72. The number of aryl methyl sites for hydroxylation is 2. The standard InChI is InChI=1S/2C18H19N5O4S.Cr.Li/c2*1-12-17(18(25)23(21-12)13-7-5-4-6-8-13)20-19-15-10-9-14(11-16(15)24)28(26,27)22(2)3;;/h2*4-11,21,24H,1-3H3;;/q;;;+1. The van der Waals surface area contributed by atoms with Crippen molar-refractivity contribution >= 4 is 42.8 Å². The zero-order chi connectivity index (χ0) is 40.9. The Bertz CT molecular complexity index is 2590. The molecule has 22 heteroatoms. The third-order valence-corrected chi connectivity index (χ3v) is 11.9. The zero-order valence-corrected chi connectivity index (χ0v) is 35.3. The van der Waals surface area contributed by atoms with E-state index in [4.69, 9.17) is 0 Å². The Morgan fingerprint density at radius 3 is 1.52 bits per heavy atom. The third-order valence-electron chi connectivity index (χ3n) is 8.13. The van der Waals surface area contributed by atoms with Crippen LogP contribution in [0.5, 0.6) is 11.5 Å². The number of phenols is 1. The summed E-state index contributed by atoms with van der Waals surface area (Å²) in [5.41, 5.74) is 1.63. The number of aromatic nitrogens is 4. The largest absolute Gasteiger partial charge is 1.00 e. The number of aromatic hydroxyl groups is 1. The molecule has 4 N–H and O–H groups in total. The number of H-pyrrole nitrogens is 2. The van der Waals surface area contributed by atoms with E-state index in [2.05, 4.69) is 30.7 Å². The number of nitrogens with zero attached hydrogens (tertiary/aromatic N) is 7. The number of hydrogen-bond acceptors (Lipinski definition) is 12. The maximum absolute atomic E-state index is 12.6. The number of para-hydroxylation sites is 2. The van der Waals surface area contributed by atoms with Gasteiger partial charge in [0.05, 0.1) is 47.4 Å². The van der Waals surface area contributed by atoms with Crippen molar-refractivity contribution in [3.63, 3.8) is 0 Å². The summed E-state index contributed by atoms with van der Waals surface area (Å²) in [4.78, 5) is 25.0. The molecule has 0 amide bonds. The third kappa shape index (κ3) is 10.2. The predicted molar refractivity (Wildman–Crippen MR) is 205 cm³/mol. The minimum absolute atomic E-state index is 0. The van der Waals surface area contributed by atoms with Gasteiger partial charge in [0.25, 0.3) is 11.1 Å². The Labute approximate surface area is 356 Å². The van der Waals surface area contributed by atoms with E-state index in [0.29, 0.717) is 22.8 Å². The van der Waals surface area contributed by atoms with Crippen molar-refractivity contribution in [2.45, 2.75) is 23.6 Å². The van der Waals surface area contributed by atoms with Crippen LogP contribution in [0.2, 0.25) is 0 Å². The van der Waals surface area contributed by atoms with Gasteiger partial charge in [0.2, 0.25) is 10.0 Å². The van der Waals surface area contributed by atoms with Gasteiger partial charge in [-0.3, -0.25) is 19.8 Å². The monoisotopic (exact) mass is 861 g/mol. The van der Waals surface area contributed by atoms with Crippen molar-refractivity contribution in [3.05, 3.63) is 129 Å². The Hall–Kier alpha value is -5.35.